The van der Waals surface area contributed by atoms with E-state index in [0.717, 1.165) is 48.3 Å². The third-order valence-electron chi connectivity index (χ3n) is 4.72. The van der Waals surface area contributed by atoms with Crippen LogP contribution in [0.15, 0.2) is 30.6 Å². The van der Waals surface area contributed by atoms with E-state index in [-0.39, 0.29) is 6.04 Å². The Bertz CT molecular complexity index is 929. The van der Waals surface area contributed by atoms with Crippen LogP contribution >= 0.6 is 11.3 Å². The number of benzene rings is 1. The second-order valence-corrected chi connectivity index (χ2v) is 8.01. The van der Waals surface area contributed by atoms with Crippen molar-refractivity contribution in [2.75, 3.05) is 19.0 Å². The summed E-state index contributed by atoms with van der Waals surface area (Å²) in [6.07, 6.45) is 6.56. The van der Waals surface area contributed by atoms with Crippen molar-refractivity contribution >= 4 is 16.5 Å². The van der Waals surface area contributed by atoms with E-state index in [0.29, 0.717) is 5.69 Å². The van der Waals surface area contributed by atoms with E-state index < -0.39 is 11.6 Å². The Balaban J connectivity index is 1.54. The summed E-state index contributed by atoms with van der Waals surface area (Å²) < 4.78 is 28.8. The monoisotopic (exact) mass is 389 g/mol. The normalized spacial score (nSPS) is 16.4. The molecular formula is C19H21F2N5S. The van der Waals surface area contributed by atoms with Gasteiger partial charge in [-0.25, -0.2) is 18.4 Å². The van der Waals surface area contributed by atoms with Crippen molar-refractivity contribution in [3.63, 3.8) is 0 Å². The Labute approximate surface area is 160 Å². The van der Waals surface area contributed by atoms with E-state index in [9.17, 15) is 8.78 Å². The molecule has 0 radical (unpaired) electrons. The van der Waals surface area contributed by atoms with Crippen LogP contribution in [0.2, 0.25) is 0 Å². The third kappa shape index (κ3) is 3.72. The van der Waals surface area contributed by atoms with Crippen LogP contribution in [0.5, 0.6) is 0 Å². The lowest BCUT2D eigenvalue weighted by Crippen LogP contribution is -2.24. The molecule has 0 saturated carbocycles. The number of thiazole rings is 1. The first-order valence-electron chi connectivity index (χ1n) is 8.90. The molecule has 1 N–H and O–H groups in total. The molecule has 1 aliphatic rings. The Morgan fingerprint density at radius 1 is 1.22 bits per heavy atom. The molecule has 2 heterocycles. The highest BCUT2D eigenvalue weighted by molar-refractivity contribution is 7.15. The molecule has 142 valence electrons. The summed E-state index contributed by atoms with van der Waals surface area (Å²) in [4.78, 5) is 7.57. The number of rotatable bonds is 5. The van der Waals surface area contributed by atoms with Crippen LogP contribution in [0.4, 0.5) is 13.9 Å². The zero-order valence-electron chi connectivity index (χ0n) is 15.2. The largest absolute Gasteiger partial charge is 0.354 e. The Hall–Kier alpha value is -2.32. The molecule has 1 aliphatic carbocycles. The molecule has 1 aromatic carbocycles. The van der Waals surface area contributed by atoms with Gasteiger partial charge in [0.25, 0.3) is 0 Å². The van der Waals surface area contributed by atoms with Gasteiger partial charge in [0.2, 0.25) is 0 Å². The van der Waals surface area contributed by atoms with Crippen molar-refractivity contribution in [2.45, 2.75) is 31.8 Å². The average Bonchev–Trinajstić information content (AvgIpc) is 3.26. The number of hydrogen-bond acceptors (Lipinski definition) is 5. The van der Waals surface area contributed by atoms with Crippen LogP contribution in [0.25, 0.3) is 5.69 Å². The van der Waals surface area contributed by atoms with Gasteiger partial charge in [-0.2, -0.15) is 5.10 Å². The maximum absolute atomic E-state index is 13.6. The maximum Gasteiger partial charge on any atom is 0.185 e. The zero-order valence-corrected chi connectivity index (χ0v) is 16.1. The molecule has 8 heteroatoms. The van der Waals surface area contributed by atoms with Gasteiger partial charge >= 0.3 is 0 Å². The van der Waals surface area contributed by atoms with Crippen molar-refractivity contribution < 1.29 is 8.78 Å². The van der Waals surface area contributed by atoms with Gasteiger partial charge in [-0.15, -0.1) is 11.3 Å². The summed E-state index contributed by atoms with van der Waals surface area (Å²) in [6.45, 7) is 0.732. The second-order valence-electron chi connectivity index (χ2n) is 6.92. The Morgan fingerprint density at radius 3 is 2.70 bits per heavy atom. The van der Waals surface area contributed by atoms with Crippen LogP contribution in [0, 0.1) is 11.6 Å². The van der Waals surface area contributed by atoms with Gasteiger partial charge in [0.15, 0.2) is 5.13 Å². The van der Waals surface area contributed by atoms with Crippen molar-refractivity contribution in [3.05, 3.63) is 58.4 Å². The fraction of sp³-hybridized carbons (Fsp3) is 0.368. The number of aromatic nitrogens is 3. The summed E-state index contributed by atoms with van der Waals surface area (Å²) >= 11 is 1.66. The average molecular weight is 389 g/mol. The lowest BCUT2D eigenvalue weighted by atomic mass is 9.93. The van der Waals surface area contributed by atoms with Gasteiger partial charge in [0.1, 0.15) is 11.6 Å². The second kappa shape index (κ2) is 7.36. The predicted octanol–water partition coefficient (Wildman–Crippen LogP) is 3.84. The fourth-order valence-electron chi connectivity index (χ4n) is 3.46. The van der Waals surface area contributed by atoms with Gasteiger partial charge in [-0.1, -0.05) is 0 Å². The van der Waals surface area contributed by atoms with Crippen LogP contribution < -0.4 is 10.2 Å². The minimum absolute atomic E-state index is 0.172. The smallest absolute Gasteiger partial charge is 0.185 e. The Morgan fingerprint density at radius 2 is 2.00 bits per heavy atom. The summed E-state index contributed by atoms with van der Waals surface area (Å²) in [7, 11) is 3.96. The molecule has 4 rings (SSSR count). The number of hydrogen-bond donors (Lipinski definition) is 1. The number of halogens is 2. The highest BCUT2D eigenvalue weighted by atomic mass is 32.1. The van der Waals surface area contributed by atoms with Gasteiger partial charge in [-0.3, -0.25) is 0 Å². The maximum atomic E-state index is 13.6. The lowest BCUT2D eigenvalue weighted by molar-refractivity contribution is 0.456. The minimum atomic E-state index is -0.596. The van der Waals surface area contributed by atoms with Gasteiger partial charge in [0, 0.05) is 55.1 Å². The van der Waals surface area contributed by atoms with E-state index in [4.69, 9.17) is 0 Å². The number of anilines is 1. The van der Waals surface area contributed by atoms with Gasteiger partial charge in [0.05, 0.1) is 11.9 Å². The first kappa shape index (κ1) is 18.1. The van der Waals surface area contributed by atoms with E-state index in [1.165, 1.54) is 17.0 Å². The van der Waals surface area contributed by atoms with Crippen molar-refractivity contribution in [1.82, 2.24) is 20.1 Å². The molecule has 0 saturated heterocycles. The summed E-state index contributed by atoms with van der Waals surface area (Å²) in [5, 5.41) is 8.98. The van der Waals surface area contributed by atoms with Crippen LogP contribution in [-0.4, -0.2) is 28.9 Å². The van der Waals surface area contributed by atoms with Gasteiger partial charge in [-0.05, 0) is 31.4 Å². The standard InChI is InChI=1S/C19H21F2N5S/c1-25(2)19-23-10-15(27-19)9-22-17-4-3-5-18-16(17)11-24-26(18)14-7-12(20)6-13(21)8-14/h6-8,10-11,17,22H,3-5,9H2,1-2H3. The molecule has 5 nitrogen and oxygen atoms in total. The molecule has 27 heavy (non-hydrogen) atoms. The molecule has 1 unspecified atom stereocenters. The van der Waals surface area contributed by atoms with Crippen LogP contribution in [-0.2, 0) is 13.0 Å². The quantitative estimate of drug-likeness (QED) is 0.720. The van der Waals surface area contributed by atoms with E-state index in [1.54, 1.807) is 16.0 Å². The van der Waals surface area contributed by atoms with Crippen molar-refractivity contribution in [2.24, 2.45) is 0 Å². The third-order valence-corrected chi connectivity index (χ3v) is 5.89. The number of nitrogens with zero attached hydrogens (tertiary/aromatic N) is 4. The van der Waals surface area contributed by atoms with E-state index >= 15 is 0 Å². The molecule has 0 amide bonds. The molecular weight excluding hydrogens is 368 g/mol. The lowest BCUT2D eigenvalue weighted by Gasteiger charge is -2.24. The van der Waals surface area contributed by atoms with Crippen molar-refractivity contribution in [1.29, 1.82) is 0 Å². The molecule has 0 fully saturated rings. The SMILES string of the molecule is CN(C)c1ncc(CNC2CCCc3c2cnn3-c2cc(F)cc(F)c2)s1. The Kier molecular flexibility index (Phi) is 4.92. The molecule has 2 aromatic heterocycles. The molecule has 0 spiro atoms. The summed E-state index contributed by atoms with van der Waals surface area (Å²) in [6, 6.07) is 3.67. The first-order chi connectivity index (χ1) is 13.0. The molecule has 0 aliphatic heterocycles. The fourth-order valence-corrected chi connectivity index (χ4v) is 4.25. The van der Waals surface area contributed by atoms with Crippen LogP contribution in [0.3, 0.4) is 0 Å². The van der Waals surface area contributed by atoms with E-state index in [2.05, 4.69) is 15.4 Å². The van der Waals surface area contributed by atoms with Crippen LogP contribution in [0.1, 0.15) is 35.0 Å². The first-order valence-corrected chi connectivity index (χ1v) is 9.71. The van der Waals surface area contributed by atoms with E-state index in [1.807, 2.05) is 31.4 Å². The minimum Gasteiger partial charge on any atom is -0.354 e. The molecule has 3 aromatic rings. The number of fused-ring (bicyclic) bond motifs is 1. The highest BCUT2D eigenvalue weighted by Gasteiger charge is 2.25. The highest BCUT2D eigenvalue weighted by Crippen LogP contribution is 2.32. The number of nitrogens with one attached hydrogen (secondary N) is 1. The molecule has 1 atom stereocenters. The molecule has 0 bridgehead atoms. The topological polar surface area (TPSA) is 46.0 Å². The summed E-state index contributed by atoms with van der Waals surface area (Å²) in [5.74, 6) is -1.19. The zero-order chi connectivity index (χ0) is 19.0. The van der Waals surface area contributed by atoms with Crippen molar-refractivity contribution in [3.8, 4) is 5.69 Å². The summed E-state index contributed by atoms with van der Waals surface area (Å²) in [5.41, 5.74) is 2.54. The predicted molar refractivity (Wildman–Crippen MR) is 102 cm³/mol. The van der Waals surface area contributed by atoms with Gasteiger partial charge < -0.3 is 10.2 Å².